The molecule has 3 heterocycles. The second-order valence-electron chi connectivity index (χ2n) is 7.40. The van der Waals surface area contributed by atoms with Crippen LogP contribution in [0.2, 0.25) is 0 Å². The molecule has 1 aliphatic heterocycles. The Morgan fingerprint density at radius 2 is 1.97 bits per heavy atom. The molecule has 1 saturated heterocycles. The average molecular weight is 479 g/mol. The average Bonchev–Trinajstić information content (AvgIpc) is 3.20. The third-order valence-electron chi connectivity index (χ3n) is 4.95. The summed E-state index contributed by atoms with van der Waals surface area (Å²) in [6, 6.07) is 8.06. The summed E-state index contributed by atoms with van der Waals surface area (Å²) in [5, 5.41) is 12.5. The second-order valence-corrected chi connectivity index (χ2v) is 7.84. The van der Waals surface area contributed by atoms with Crippen LogP contribution in [-0.2, 0) is 0 Å². The number of ether oxygens (including phenoxy) is 1. The first-order chi connectivity index (χ1) is 15.7. The molecule has 3 aromatic rings. The van der Waals surface area contributed by atoms with Crippen LogP contribution in [0.4, 0.5) is 24.7 Å². The van der Waals surface area contributed by atoms with Crippen LogP contribution in [0.25, 0.3) is 11.1 Å². The standard InChI is InChI=1S/C22H18ClF3N4O3/c23-22(25,26)33-18-3-1-16(2-4-18)29-21(32)14-8-19(13-7-15(24)11-27-9-13)20(28-10-14)30-6-5-17(31)12-30/h1-4,7-11,17,31H,5-6,12H2,(H,29,32). The first-order valence-corrected chi connectivity index (χ1v) is 10.3. The maximum atomic E-state index is 13.8. The number of halogens is 4. The van der Waals surface area contributed by atoms with Gasteiger partial charge in [-0.2, -0.15) is 0 Å². The van der Waals surface area contributed by atoms with Crippen molar-refractivity contribution >= 4 is 29.0 Å². The lowest BCUT2D eigenvalue weighted by molar-refractivity contribution is -0.0964. The molecule has 4 rings (SSSR count). The molecular formula is C22H18ClF3N4O3. The summed E-state index contributed by atoms with van der Waals surface area (Å²) in [6.45, 7) is 0.926. The van der Waals surface area contributed by atoms with Gasteiger partial charge in [-0.15, -0.1) is 8.78 Å². The number of aliphatic hydroxyl groups is 1. The van der Waals surface area contributed by atoms with Crippen LogP contribution in [0.3, 0.4) is 0 Å². The van der Waals surface area contributed by atoms with Crippen molar-refractivity contribution in [2.24, 2.45) is 0 Å². The number of anilines is 2. The summed E-state index contributed by atoms with van der Waals surface area (Å²) in [7, 11) is 0. The van der Waals surface area contributed by atoms with Crippen LogP contribution in [0.15, 0.2) is 55.0 Å². The first kappa shape index (κ1) is 22.8. The zero-order chi connectivity index (χ0) is 23.6. The lowest BCUT2D eigenvalue weighted by Gasteiger charge is -2.21. The number of nitrogens with one attached hydrogen (secondary N) is 1. The van der Waals surface area contributed by atoms with E-state index in [9.17, 15) is 23.1 Å². The highest BCUT2D eigenvalue weighted by molar-refractivity contribution is 6.20. The van der Waals surface area contributed by atoms with Gasteiger partial charge in [-0.1, -0.05) is 0 Å². The number of carbonyl (C=O) groups excluding carboxylic acids is 1. The highest BCUT2D eigenvalue weighted by Crippen LogP contribution is 2.32. The number of β-amino-alcohol motifs (C(OH)–C–C–N with tert-alkyl or cyclic N) is 1. The third kappa shape index (κ3) is 5.71. The van der Waals surface area contributed by atoms with Crippen LogP contribution in [0, 0.1) is 5.82 Å². The van der Waals surface area contributed by atoms with E-state index in [1.54, 1.807) is 6.07 Å². The molecule has 0 radical (unpaired) electrons. The van der Waals surface area contributed by atoms with E-state index in [2.05, 4.69) is 20.0 Å². The Kier molecular flexibility index (Phi) is 6.39. The molecule has 2 aromatic heterocycles. The maximum Gasteiger partial charge on any atom is 0.487 e. The molecule has 1 atom stereocenters. The molecule has 0 saturated carbocycles. The molecule has 0 aliphatic carbocycles. The topological polar surface area (TPSA) is 87.6 Å². The predicted molar refractivity (Wildman–Crippen MR) is 116 cm³/mol. The lowest BCUT2D eigenvalue weighted by Crippen LogP contribution is -2.23. The number of rotatable bonds is 6. The monoisotopic (exact) mass is 478 g/mol. The van der Waals surface area contributed by atoms with Crippen LogP contribution < -0.4 is 15.0 Å². The number of alkyl halides is 3. The third-order valence-corrected chi connectivity index (χ3v) is 5.03. The van der Waals surface area contributed by atoms with Gasteiger partial charge in [-0.3, -0.25) is 9.78 Å². The van der Waals surface area contributed by atoms with Crippen LogP contribution in [0.5, 0.6) is 5.75 Å². The fourth-order valence-corrected chi connectivity index (χ4v) is 3.57. The lowest BCUT2D eigenvalue weighted by atomic mass is 10.1. The fraction of sp³-hybridized carbons (Fsp3) is 0.227. The Balaban J connectivity index is 1.60. The van der Waals surface area contributed by atoms with Crippen LogP contribution >= 0.6 is 11.6 Å². The Morgan fingerprint density at radius 3 is 2.61 bits per heavy atom. The molecule has 1 unspecified atom stereocenters. The summed E-state index contributed by atoms with van der Waals surface area (Å²) in [5.74, 6) is -0.733. The number of aliphatic hydroxyl groups excluding tert-OH is 1. The molecule has 1 aliphatic rings. The number of pyridine rings is 2. The van der Waals surface area contributed by atoms with E-state index in [0.29, 0.717) is 42.1 Å². The van der Waals surface area contributed by atoms with E-state index in [-0.39, 0.29) is 11.3 Å². The zero-order valence-corrected chi connectivity index (χ0v) is 17.8. The molecule has 172 valence electrons. The van der Waals surface area contributed by atoms with Gasteiger partial charge in [0.05, 0.1) is 17.9 Å². The smallest absolute Gasteiger partial charge is 0.420 e. The van der Waals surface area contributed by atoms with Crippen molar-refractivity contribution in [1.29, 1.82) is 0 Å². The van der Waals surface area contributed by atoms with Crippen LogP contribution in [0.1, 0.15) is 16.8 Å². The van der Waals surface area contributed by atoms with E-state index in [1.807, 2.05) is 4.90 Å². The van der Waals surface area contributed by atoms with Crippen molar-refractivity contribution in [3.05, 3.63) is 66.4 Å². The minimum atomic E-state index is -3.84. The number of carbonyl (C=O) groups is 1. The molecule has 0 bridgehead atoms. The largest absolute Gasteiger partial charge is 0.487 e. The van der Waals surface area contributed by atoms with Gasteiger partial charge in [0.15, 0.2) is 0 Å². The molecular weight excluding hydrogens is 461 g/mol. The quantitative estimate of drug-likeness (QED) is 0.514. The SMILES string of the molecule is O=C(Nc1ccc(OC(F)(F)Cl)cc1)c1cnc(N2CCC(O)C2)c(-c2cncc(F)c2)c1. The minimum absolute atomic E-state index is 0.173. The number of nitrogens with zero attached hydrogens (tertiary/aromatic N) is 3. The number of hydrogen-bond acceptors (Lipinski definition) is 6. The molecule has 1 fully saturated rings. The van der Waals surface area contributed by atoms with Crippen LogP contribution in [-0.4, -0.2) is 45.7 Å². The first-order valence-electron chi connectivity index (χ1n) is 9.89. The van der Waals surface area contributed by atoms with Crippen molar-refractivity contribution in [3.63, 3.8) is 0 Å². The fourth-order valence-electron chi connectivity index (χ4n) is 3.48. The van der Waals surface area contributed by atoms with Gasteiger partial charge in [0.2, 0.25) is 0 Å². The number of aromatic nitrogens is 2. The highest BCUT2D eigenvalue weighted by Gasteiger charge is 2.28. The normalized spacial score (nSPS) is 16.0. The maximum absolute atomic E-state index is 13.8. The van der Waals surface area contributed by atoms with E-state index >= 15 is 0 Å². The van der Waals surface area contributed by atoms with Gasteiger partial charge >= 0.3 is 5.57 Å². The van der Waals surface area contributed by atoms with Crippen molar-refractivity contribution in [3.8, 4) is 16.9 Å². The van der Waals surface area contributed by atoms with Crippen molar-refractivity contribution in [2.45, 2.75) is 18.1 Å². The van der Waals surface area contributed by atoms with Gasteiger partial charge in [0.25, 0.3) is 5.91 Å². The Morgan fingerprint density at radius 1 is 1.21 bits per heavy atom. The summed E-state index contributed by atoms with van der Waals surface area (Å²) < 4.78 is 43.5. The molecule has 1 aromatic carbocycles. The van der Waals surface area contributed by atoms with E-state index in [4.69, 9.17) is 11.6 Å². The summed E-state index contributed by atoms with van der Waals surface area (Å²) in [4.78, 5) is 22.9. The van der Waals surface area contributed by atoms with Crippen molar-refractivity contribution in [2.75, 3.05) is 23.3 Å². The number of benzene rings is 1. The Labute approximate surface area is 191 Å². The van der Waals surface area contributed by atoms with E-state index in [1.165, 1.54) is 42.7 Å². The Hall–Kier alpha value is -3.37. The number of amides is 1. The molecule has 11 heteroatoms. The Bertz CT molecular complexity index is 1160. The second kappa shape index (κ2) is 9.24. The summed E-state index contributed by atoms with van der Waals surface area (Å²) in [5.41, 5.74) is -2.42. The predicted octanol–water partition coefficient (Wildman–Crippen LogP) is 4.27. The highest BCUT2D eigenvalue weighted by atomic mass is 35.5. The molecule has 1 amide bonds. The van der Waals surface area contributed by atoms with Gasteiger partial charge < -0.3 is 20.1 Å². The molecule has 7 nitrogen and oxygen atoms in total. The van der Waals surface area contributed by atoms with E-state index < -0.39 is 23.4 Å². The molecule has 2 N–H and O–H groups in total. The van der Waals surface area contributed by atoms with Crippen molar-refractivity contribution < 1.29 is 27.8 Å². The van der Waals surface area contributed by atoms with Gasteiger partial charge in [-0.05, 0) is 42.8 Å². The summed E-state index contributed by atoms with van der Waals surface area (Å²) >= 11 is 4.74. The minimum Gasteiger partial charge on any atom is -0.420 e. The van der Waals surface area contributed by atoms with Gasteiger partial charge in [-0.25, -0.2) is 9.37 Å². The van der Waals surface area contributed by atoms with E-state index in [0.717, 1.165) is 6.20 Å². The molecule has 33 heavy (non-hydrogen) atoms. The van der Waals surface area contributed by atoms with Gasteiger partial charge in [0.1, 0.15) is 17.4 Å². The summed E-state index contributed by atoms with van der Waals surface area (Å²) in [6.07, 6.45) is 3.97. The van der Waals surface area contributed by atoms with Gasteiger partial charge in [0, 0.05) is 53.9 Å². The van der Waals surface area contributed by atoms with Crippen molar-refractivity contribution in [1.82, 2.24) is 9.97 Å². The zero-order valence-electron chi connectivity index (χ0n) is 17.0. The number of hydrogen-bond donors (Lipinski definition) is 2. The molecule has 0 spiro atoms.